The van der Waals surface area contributed by atoms with Crippen LogP contribution in [0.2, 0.25) is 4.34 Å². The maximum atomic E-state index is 12.5. The number of sulfonamides is 1. The minimum Gasteiger partial charge on any atom is -0.378 e. The summed E-state index contributed by atoms with van der Waals surface area (Å²) in [5.41, 5.74) is 2.08. The predicted octanol–water partition coefficient (Wildman–Crippen LogP) is 3.06. The highest BCUT2D eigenvalue weighted by molar-refractivity contribution is 7.91. The van der Waals surface area contributed by atoms with Crippen LogP contribution in [0.25, 0.3) is 0 Å². The average molecular weight is 387 g/mol. The molecule has 24 heavy (non-hydrogen) atoms. The van der Waals surface area contributed by atoms with E-state index in [1.54, 1.807) is 19.2 Å². The van der Waals surface area contributed by atoms with E-state index in [0.29, 0.717) is 10.9 Å². The molecule has 0 bridgehead atoms. The Labute approximate surface area is 151 Å². The summed E-state index contributed by atoms with van der Waals surface area (Å²) in [7, 11) is -1.92. The van der Waals surface area contributed by atoms with Gasteiger partial charge in [-0.2, -0.15) is 4.31 Å². The van der Waals surface area contributed by atoms with Crippen molar-refractivity contribution in [3.63, 3.8) is 0 Å². The molecule has 0 unspecified atom stereocenters. The average Bonchev–Trinajstić information content (AvgIpc) is 3.03. The van der Waals surface area contributed by atoms with E-state index in [-0.39, 0.29) is 4.21 Å². The van der Waals surface area contributed by atoms with Crippen LogP contribution in [0.5, 0.6) is 0 Å². The number of hydrogen-bond donors (Lipinski definition) is 0. The number of thiophene rings is 1. The highest BCUT2D eigenvalue weighted by atomic mass is 35.5. The number of halogens is 1. The van der Waals surface area contributed by atoms with Crippen LogP contribution in [0.1, 0.15) is 5.56 Å². The predicted molar refractivity (Wildman–Crippen MR) is 97.5 cm³/mol. The van der Waals surface area contributed by atoms with Crippen LogP contribution in [0.15, 0.2) is 40.6 Å². The Morgan fingerprint density at radius 1 is 1.17 bits per heavy atom. The van der Waals surface area contributed by atoms with Gasteiger partial charge in [0.2, 0.25) is 0 Å². The molecule has 1 aliphatic heterocycles. The lowest BCUT2D eigenvalue weighted by atomic mass is 10.2. The first-order valence-electron chi connectivity index (χ1n) is 7.60. The van der Waals surface area contributed by atoms with Gasteiger partial charge >= 0.3 is 0 Å². The maximum absolute atomic E-state index is 12.5. The van der Waals surface area contributed by atoms with Crippen LogP contribution in [0.3, 0.4) is 0 Å². The summed E-state index contributed by atoms with van der Waals surface area (Å²) >= 11 is 6.92. The molecule has 0 N–H and O–H groups in total. The van der Waals surface area contributed by atoms with Gasteiger partial charge in [-0.15, -0.1) is 11.3 Å². The molecule has 1 aliphatic rings. The number of ether oxygens (including phenoxy) is 1. The third-order valence-corrected chi connectivity index (χ3v) is 7.43. The molecule has 1 aromatic heterocycles. The van der Waals surface area contributed by atoms with Gasteiger partial charge in [0.25, 0.3) is 10.0 Å². The quantitative estimate of drug-likeness (QED) is 0.792. The Morgan fingerprint density at radius 3 is 2.42 bits per heavy atom. The molecule has 0 atom stereocenters. The zero-order valence-electron chi connectivity index (χ0n) is 13.3. The first-order chi connectivity index (χ1) is 11.5. The Bertz CT molecular complexity index is 784. The van der Waals surface area contributed by atoms with Crippen molar-refractivity contribution in [3.05, 3.63) is 46.3 Å². The van der Waals surface area contributed by atoms with Gasteiger partial charge in [-0.25, -0.2) is 8.42 Å². The molecule has 0 spiro atoms. The fourth-order valence-corrected chi connectivity index (χ4v) is 5.42. The van der Waals surface area contributed by atoms with Crippen molar-refractivity contribution >= 4 is 38.6 Å². The number of morpholine rings is 1. The summed E-state index contributed by atoms with van der Waals surface area (Å²) in [6.07, 6.45) is 0. The van der Waals surface area contributed by atoms with Crippen LogP contribution >= 0.6 is 22.9 Å². The summed E-state index contributed by atoms with van der Waals surface area (Å²) in [4.78, 5) is 2.27. The van der Waals surface area contributed by atoms with Crippen LogP contribution in [-0.2, 0) is 21.3 Å². The normalized spacial score (nSPS) is 15.9. The van der Waals surface area contributed by atoms with Gasteiger partial charge in [0, 0.05) is 32.4 Å². The van der Waals surface area contributed by atoms with Crippen molar-refractivity contribution in [3.8, 4) is 0 Å². The molecule has 130 valence electrons. The molecule has 2 aromatic rings. The molecular formula is C16H19ClN2O3S2. The first kappa shape index (κ1) is 17.7. The molecule has 0 amide bonds. The second kappa shape index (κ2) is 7.41. The van der Waals surface area contributed by atoms with Crippen molar-refractivity contribution < 1.29 is 13.2 Å². The van der Waals surface area contributed by atoms with Crippen LogP contribution < -0.4 is 4.90 Å². The Kier molecular flexibility index (Phi) is 5.46. The summed E-state index contributed by atoms with van der Waals surface area (Å²) in [5.74, 6) is 0. The lowest BCUT2D eigenvalue weighted by Crippen LogP contribution is -2.36. The molecule has 1 aromatic carbocycles. The number of anilines is 1. The van der Waals surface area contributed by atoms with Gasteiger partial charge in [0.1, 0.15) is 4.21 Å². The minimum atomic E-state index is -3.51. The smallest absolute Gasteiger partial charge is 0.252 e. The Morgan fingerprint density at radius 2 is 1.83 bits per heavy atom. The molecular weight excluding hydrogens is 368 g/mol. The molecule has 0 aliphatic carbocycles. The van der Waals surface area contributed by atoms with Crippen molar-refractivity contribution in [2.75, 3.05) is 38.3 Å². The molecule has 8 heteroatoms. The third kappa shape index (κ3) is 3.92. The third-order valence-electron chi connectivity index (χ3n) is 3.93. The number of hydrogen-bond acceptors (Lipinski definition) is 5. The second-order valence-electron chi connectivity index (χ2n) is 5.59. The van der Waals surface area contributed by atoms with Gasteiger partial charge in [-0.05, 0) is 29.8 Å². The van der Waals surface area contributed by atoms with Gasteiger partial charge in [0.15, 0.2) is 0 Å². The van der Waals surface area contributed by atoms with E-state index in [1.807, 2.05) is 24.3 Å². The topological polar surface area (TPSA) is 49.9 Å². The fraction of sp³-hybridized carbons (Fsp3) is 0.375. The van der Waals surface area contributed by atoms with Crippen LogP contribution in [0.4, 0.5) is 5.69 Å². The molecule has 0 saturated carbocycles. The number of nitrogens with zero attached hydrogens (tertiary/aromatic N) is 2. The van der Waals surface area contributed by atoms with Crippen LogP contribution in [0, 0.1) is 0 Å². The van der Waals surface area contributed by atoms with E-state index in [0.717, 1.165) is 48.9 Å². The molecule has 3 rings (SSSR count). The fourth-order valence-electron chi connectivity index (χ4n) is 2.57. The highest BCUT2D eigenvalue weighted by Crippen LogP contribution is 2.28. The van der Waals surface area contributed by atoms with E-state index < -0.39 is 10.0 Å². The number of rotatable bonds is 5. The Hall–Kier alpha value is -1.12. The summed E-state index contributed by atoms with van der Waals surface area (Å²) in [6, 6.07) is 11.1. The zero-order chi connectivity index (χ0) is 17.2. The SMILES string of the molecule is CN(Cc1ccc(N2CCOCC2)cc1)S(=O)(=O)c1ccc(Cl)s1. The van der Waals surface area contributed by atoms with E-state index in [2.05, 4.69) is 4.90 Å². The maximum Gasteiger partial charge on any atom is 0.252 e. The van der Waals surface area contributed by atoms with E-state index >= 15 is 0 Å². The van der Waals surface area contributed by atoms with Gasteiger partial charge in [-0.1, -0.05) is 23.7 Å². The van der Waals surface area contributed by atoms with Crippen molar-refractivity contribution in [1.29, 1.82) is 0 Å². The molecule has 5 nitrogen and oxygen atoms in total. The second-order valence-corrected chi connectivity index (χ2v) is 9.57. The lowest BCUT2D eigenvalue weighted by molar-refractivity contribution is 0.122. The number of benzene rings is 1. The lowest BCUT2D eigenvalue weighted by Gasteiger charge is -2.29. The summed E-state index contributed by atoms with van der Waals surface area (Å²) in [5, 5.41) is 0. The highest BCUT2D eigenvalue weighted by Gasteiger charge is 2.23. The monoisotopic (exact) mass is 386 g/mol. The van der Waals surface area contributed by atoms with Gasteiger partial charge < -0.3 is 9.64 Å². The molecule has 1 fully saturated rings. The minimum absolute atomic E-state index is 0.264. The van der Waals surface area contributed by atoms with Crippen molar-refractivity contribution in [2.24, 2.45) is 0 Å². The van der Waals surface area contributed by atoms with Crippen LogP contribution in [-0.4, -0.2) is 46.1 Å². The first-order valence-corrected chi connectivity index (χ1v) is 10.2. The standard InChI is InChI=1S/C16H19ClN2O3S2/c1-18(24(20,21)16-7-6-15(17)23-16)12-13-2-4-14(5-3-13)19-8-10-22-11-9-19/h2-7H,8-12H2,1H3. The van der Waals surface area contributed by atoms with Gasteiger partial charge in [-0.3, -0.25) is 0 Å². The van der Waals surface area contributed by atoms with Crippen molar-refractivity contribution in [2.45, 2.75) is 10.8 Å². The van der Waals surface area contributed by atoms with Crippen molar-refractivity contribution in [1.82, 2.24) is 4.31 Å². The van der Waals surface area contributed by atoms with E-state index in [1.165, 1.54) is 4.31 Å². The summed E-state index contributed by atoms with van der Waals surface area (Å²) in [6.45, 7) is 3.57. The molecule has 2 heterocycles. The summed E-state index contributed by atoms with van der Waals surface area (Å²) < 4.78 is 32.5. The van der Waals surface area contributed by atoms with E-state index in [4.69, 9.17) is 16.3 Å². The zero-order valence-corrected chi connectivity index (χ0v) is 15.7. The molecule has 1 saturated heterocycles. The molecule has 0 radical (unpaired) electrons. The Balaban J connectivity index is 1.69. The largest absolute Gasteiger partial charge is 0.378 e. The van der Waals surface area contributed by atoms with Gasteiger partial charge in [0.05, 0.1) is 17.6 Å². The van der Waals surface area contributed by atoms with E-state index in [9.17, 15) is 8.42 Å².